The highest BCUT2D eigenvalue weighted by atomic mass is 16.6. The molecule has 0 radical (unpaired) electrons. The lowest BCUT2D eigenvalue weighted by Crippen LogP contribution is -2.44. The van der Waals surface area contributed by atoms with Crippen molar-refractivity contribution in [2.75, 3.05) is 13.6 Å². The fourth-order valence-corrected chi connectivity index (χ4v) is 1.48. The van der Waals surface area contributed by atoms with Crippen molar-refractivity contribution in [1.82, 2.24) is 9.80 Å². The second-order valence-electron chi connectivity index (χ2n) is 4.91. The van der Waals surface area contributed by atoms with Crippen LogP contribution in [0.2, 0.25) is 0 Å². The van der Waals surface area contributed by atoms with E-state index in [-0.39, 0.29) is 13.2 Å². The van der Waals surface area contributed by atoms with E-state index in [1.54, 1.807) is 18.3 Å². The minimum absolute atomic E-state index is 0.0619. The molecule has 0 aliphatic heterocycles. The van der Waals surface area contributed by atoms with Gasteiger partial charge in [-0.3, -0.25) is 0 Å². The van der Waals surface area contributed by atoms with Crippen LogP contribution in [0.15, 0.2) is 22.8 Å². The first-order chi connectivity index (χ1) is 9.95. The van der Waals surface area contributed by atoms with Gasteiger partial charge in [-0.05, 0) is 24.5 Å². The predicted molar refractivity (Wildman–Crippen MR) is 73.8 cm³/mol. The van der Waals surface area contributed by atoms with Crippen LogP contribution in [-0.4, -0.2) is 35.5 Å². The highest BCUT2D eigenvalue weighted by Crippen LogP contribution is 2.09. The highest BCUT2D eigenvalue weighted by Gasteiger charge is 2.26. The summed E-state index contributed by atoms with van der Waals surface area (Å²) in [6.07, 6.45) is 2.97. The van der Waals surface area contributed by atoms with Crippen LogP contribution in [0.4, 0.5) is 9.59 Å². The van der Waals surface area contributed by atoms with Crippen molar-refractivity contribution in [3.05, 3.63) is 24.2 Å². The van der Waals surface area contributed by atoms with Crippen LogP contribution in [0, 0.1) is 17.4 Å². The number of imide groups is 1. The number of urea groups is 1. The Morgan fingerprint density at radius 1 is 1.48 bits per heavy atom. The molecule has 7 nitrogen and oxygen atoms in total. The van der Waals surface area contributed by atoms with Crippen LogP contribution in [0.25, 0.3) is 0 Å². The number of amides is 3. The number of nitrogens with zero attached hydrogens (tertiary/aromatic N) is 3. The number of nitriles is 1. The zero-order valence-electron chi connectivity index (χ0n) is 12.4. The van der Waals surface area contributed by atoms with E-state index < -0.39 is 12.1 Å². The first-order valence-electron chi connectivity index (χ1n) is 6.59. The fraction of sp³-hybridized carbons (Fsp3) is 0.500. The number of furan rings is 1. The summed E-state index contributed by atoms with van der Waals surface area (Å²) in [6, 6.07) is 2.63. The minimum Gasteiger partial charge on any atom is -0.466 e. The lowest BCUT2D eigenvalue weighted by Gasteiger charge is -2.22. The lowest BCUT2D eigenvalue weighted by molar-refractivity contribution is 0.0921. The van der Waals surface area contributed by atoms with Gasteiger partial charge >= 0.3 is 12.1 Å². The fourth-order valence-electron chi connectivity index (χ4n) is 1.48. The molecular formula is C14H19N3O4. The Balaban J connectivity index is 2.67. The molecule has 0 bridgehead atoms. The third-order valence-electron chi connectivity index (χ3n) is 2.74. The summed E-state index contributed by atoms with van der Waals surface area (Å²) >= 11 is 0. The number of ether oxygens (including phenoxy) is 1. The van der Waals surface area contributed by atoms with Crippen LogP contribution in [0.5, 0.6) is 0 Å². The number of rotatable bonds is 5. The maximum atomic E-state index is 12.0. The summed E-state index contributed by atoms with van der Waals surface area (Å²) in [4.78, 5) is 25.7. The zero-order chi connectivity index (χ0) is 15.8. The summed E-state index contributed by atoms with van der Waals surface area (Å²) in [5, 5.41) is 8.75. The lowest BCUT2D eigenvalue weighted by atomic mass is 10.1. The van der Waals surface area contributed by atoms with Gasteiger partial charge in [0.2, 0.25) is 0 Å². The van der Waals surface area contributed by atoms with Crippen molar-refractivity contribution in [1.29, 1.82) is 5.26 Å². The molecule has 1 heterocycles. The Bertz CT molecular complexity index is 505. The molecule has 7 heteroatoms. The summed E-state index contributed by atoms with van der Waals surface area (Å²) in [5.41, 5.74) is 0. The predicted octanol–water partition coefficient (Wildman–Crippen LogP) is 2.80. The van der Waals surface area contributed by atoms with Gasteiger partial charge < -0.3 is 9.15 Å². The molecule has 1 aromatic heterocycles. The van der Waals surface area contributed by atoms with E-state index in [0.29, 0.717) is 18.1 Å². The molecule has 0 saturated heterocycles. The molecule has 0 aromatic carbocycles. The molecule has 0 spiro atoms. The Kier molecular flexibility index (Phi) is 6.27. The summed E-state index contributed by atoms with van der Waals surface area (Å²) in [5.74, 6) is 0.791. The van der Waals surface area contributed by atoms with Gasteiger partial charge in [0.15, 0.2) is 12.8 Å². The summed E-state index contributed by atoms with van der Waals surface area (Å²) in [7, 11) is 1.30. The topological polar surface area (TPSA) is 86.8 Å². The monoisotopic (exact) mass is 293 g/mol. The van der Waals surface area contributed by atoms with E-state index in [1.807, 2.05) is 13.8 Å². The molecular weight excluding hydrogens is 274 g/mol. The quantitative estimate of drug-likeness (QED) is 0.615. The van der Waals surface area contributed by atoms with E-state index >= 15 is 0 Å². The van der Waals surface area contributed by atoms with E-state index in [0.717, 1.165) is 9.80 Å². The van der Waals surface area contributed by atoms with Crippen LogP contribution in [0.3, 0.4) is 0 Å². The van der Waals surface area contributed by atoms with Gasteiger partial charge in [0.25, 0.3) is 0 Å². The molecule has 3 amide bonds. The minimum atomic E-state index is -0.792. The third-order valence-corrected chi connectivity index (χ3v) is 2.74. The molecule has 21 heavy (non-hydrogen) atoms. The number of hydrogen-bond acceptors (Lipinski definition) is 5. The van der Waals surface area contributed by atoms with Crippen LogP contribution in [-0.2, 0) is 11.3 Å². The zero-order valence-corrected chi connectivity index (χ0v) is 12.4. The standard InChI is InChI=1S/C14H19N3O4/c1-11(2)6-7-17(13(18)16(3)10-15)14(19)21-9-12-5-4-8-20-12/h4-5,8,11H,6-7,9H2,1-3H3. The van der Waals surface area contributed by atoms with E-state index in [2.05, 4.69) is 0 Å². The van der Waals surface area contributed by atoms with Crippen molar-refractivity contribution >= 4 is 12.1 Å². The maximum absolute atomic E-state index is 12.0. The van der Waals surface area contributed by atoms with Crippen molar-refractivity contribution in [3.63, 3.8) is 0 Å². The van der Waals surface area contributed by atoms with Crippen LogP contribution >= 0.6 is 0 Å². The van der Waals surface area contributed by atoms with Gasteiger partial charge in [-0.2, -0.15) is 5.26 Å². The van der Waals surface area contributed by atoms with E-state index in [1.165, 1.54) is 13.3 Å². The van der Waals surface area contributed by atoms with Gasteiger partial charge in [0, 0.05) is 13.6 Å². The number of hydrogen-bond donors (Lipinski definition) is 0. The molecule has 114 valence electrons. The van der Waals surface area contributed by atoms with Gasteiger partial charge in [0.05, 0.1) is 6.26 Å². The third kappa shape index (κ3) is 5.18. The average molecular weight is 293 g/mol. The Morgan fingerprint density at radius 2 is 2.19 bits per heavy atom. The van der Waals surface area contributed by atoms with Crippen molar-refractivity contribution < 1.29 is 18.7 Å². The second kappa shape index (κ2) is 7.94. The molecule has 0 unspecified atom stereocenters. The first kappa shape index (κ1) is 16.6. The molecule has 0 aliphatic rings. The average Bonchev–Trinajstić information content (AvgIpc) is 2.97. The largest absolute Gasteiger partial charge is 0.466 e. The van der Waals surface area contributed by atoms with Crippen molar-refractivity contribution in [2.45, 2.75) is 26.9 Å². The first-order valence-corrected chi connectivity index (χ1v) is 6.59. The Morgan fingerprint density at radius 3 is 2.71 bits per heavy atom. The molecule has 0 N–H and O–H groups in total. The summed E-state index contributed by atoms with van der Waals surface area (Å²) < 4.78 is 10.1. The SMILES string of the molecule is CC(C)CCN(C(=O)OCc1ccco1)C(=O)N(C)C#N. The van der Waals surface area contributed by atoms with Gasteiger partial charge in [-0.15, -0.1) is 0 Å². The molecule has 0 aliphatic carbocycles. The molecule has 0 saturated carbocycles. The van der Waals surface area contributed by atoms with Crippen LogP contribution in [0.1, 0.15) is 26.0 Å². The van der Waals surface area contributed by atoms with E-state index in [9.17, 15) is 9.59 Å². The molecule has 1 aromatic rings. The Hall–Kier alpha value is -2.49. The van der Waals surface area contributed by atoms with Crippen molar-refractivity contribution in [2.24, 2.45) is 5.92 Å². The van der Waals surface area contributed by atoms with Crippen LogP contribution < -0.4 is 0 Å². The summed E-state index contributed by atoms with van der Waals surface area (Å²) in [6.45, 7) is 4.09. The van der Waals surface area contributed by atoms with Gasteiger partial charge in [-0.1, -0.05) is 13.8 Å². The highest BCUT2D eigenvalue weighted by molar-refractivity contribution is 5.91. The molecule has 0 fully saturated rings. The van der Waals surface area contributed by atoms with E-state index in [4.69, 9.17) is 14.4 Å². The normalized spacial score (nSPS) is 10.0. The Labute approximate surface area is 123 Å². The number of carbonyl (C=O) groups is 2. The van der Waals surface area contributed by atoms with Gasteiger partial charge in [-0.25, -0.2) is 19.4 Å². The second-order valence-corrected chi connectivity index (χ2v) is 4.91. The number of carbonyl (C=O) groups excluding carboxylic acids is 2. The van der Waals surface area contributed by atoms with Gasteiger partial charge in [0.1, 0.15) is 5.76 Å². The molecule has 1 rings (SSSR count). The van der Waals surface area contributed by atoms with Crippen molar-refractivity contribution in [3.8, 4) is 6.19 Å². The maximum Gasteiger partial charge on any atom is 0.418 e. The molecule has 0 atom stereocenters. The smallest absolute Gasteiger partial charge is 0.418 e.